The lowest BCUT2D eigenvalue weighted by molar-refractivity contribution is 0.204. The maximum absolute atomic E-state index is 14.7. The van der Waals surface area contributed by atoms with Gasteiger partial charge in [0.05, 0.1) is 11.9 Å². The third-order valence-corrected chi connectivity index (χ3v) is 10.9. The minimum Gasteiger partial charge on any atom is -0.489 e. The molecule has 0 bridgehead atoms. The molecule has 2 fully saturated rings. The largest absolute Gasteiger partial charge is 0.489 e. The van der Waals surface area contributed by atoms with Gasteiger partial charge in [-0.25, -0.2) is 17.8 Å². The molecule has 2 aromatic carbocycles. The third kappa shape index (κ3) is 5.30. The van der Waals surface area contributed by atoms with Gasteiger partial charge < -0.3 is 9.47 Å². The van der Waals surface area contributed by atoms with Crippen molar-refractivity contribution in [2.75, 3.05) is 12.9 Å². The highest BCUT2D eigenvalue weighted by molar-refractivity contribution is 7.91. The van der Waals surface area contributed by atoms with Gasteiger partial charge in [0, 0.05) is 35.1 Å². The summed E-state index contributed by atoms with van der Waals surface area (Å²) >= 11 is 0. The molecule has 7 heteroatoms. The van der Waals surface area contributed by atoms with Crippen molar-refractivity contribution < 1.29 is 22.3 Å². The number of fused-ring (bicyclic) bond motifs is 3. The highest BCUT2D eigenvalue weighted by Crippen LogP contribution is 2.61. The van der Waals surface area contributed by atoms with Gasteiger partial charge in [-0.1, -0.05) is 31.9 Å². The summed E-state index contributed by atoms with van der Waals surface area (Å²) in [6.45, 7) is 4.71. The Balaban J connectivity index is 1.12. The number of halogens is 1. The predicted octanol–water partition coefficient (Wildman–Crippen LogP) is 6.66. The van der Waals surface area contributed by atoms with Crippen molar-refractivity contribution in [3.63, 3.8) is 0 Å². The Labute approximate surface area is 230 Å². The van der Waals surface area contributed by atoms with E-state index in [2.05, 4.69) is 24.0 Å². The molecule has 0 spiro atoms. The first-order valence-corrected chi connectivity index (χ1v) is 16.0. The number of pyridine rings is 1. The van der Waals surface area contributed by atoms with Gasteiger partial charge in [0.2, 0.25) is 5.88 Å². The molecule has 39 heavy (non-hydrogen) atoms. The summed E-state index contributed by atoms with van der Waals surface area (Å²) in [6, 6.07) is 15.1. The SMILES string of the molecule is Cc1nc(OC[C@@H]2CCCC[C@H]2S(C)(=O)=O)ccc1-c1ccc(F)c(COc2ccc3c(c2)C[C@H]2[C@H](C)[C@@H]32)c1. The predicted molar refractivity (Wildman–Crippen MR) is 150 cm³/mol. The van der Waals surface area contributed by atoms with Gasteiger partial charge in [-0.05, 0) is 91.0 Å². The number of rotatable bonds is 8. The Bertz CT molecular complexity index is 1500. The third-order valence-electron chi connectivity index (χ3n) is 9.14. The molecule has 3 aromatic rings. The number of aryl methyl sites for hydroxylation is 1. The molecule has 3 aliphatic carbocycles. The summed E-state index contributed by atoms with van der Waals surface area (Å²) in [5.41, 5.74) is 5.83. The molecule has 2 saturated carbocycles. The van der Waals surface area contributed by atoms with Gasteiger partial charge in [-0.15, -0.1) is 0 Å². The van der Waals surface area contributed by atoms with Crippen LogP contribution in [-0.2, 0) is 22.9 Å². The van der Waals surface area contributed by atoms with Crippen LogP contribution < -0.4 is 9.47 Å². The number of hydrogen-bond acceptors (Lipinski definition) is 5. The Morgan fingerprint density at radius 1 is 1.03 bits per heavy atom. The first kappa shape index (κ1) is 26.3. The van der Waals surface area contributed by atoms with Crippen molar-refractivity contribution in [3.05, 3.63) is 76.7 Å². The smallest absolute Gasteiger partial charge is 0.213 e. The van der Waals surface area contributed by atoms with E-state index < -0.39 is 9.84 Å². The molecule has 5 atom stereocenters. The molecule has 1 heterocycles. The fourth-order valence-corrected chi connectivity index (χ4v) is 8.37. The second kappa shape index (κ2) is 10.2. The fraction of sp³-hybridized carbons (Fsp3) is 0.469. The maximum atomic E-state index is 14.7. The van der Waals surface area contributed by atoms with Gasteiger partial charge in [-0.3, -0.25) is 0 Å². The van der Waals surface area contributed by atoms with E-state index >= 15 is 0 Å². The second-order valence-electron chi connectivity index (χ2n) is 11.7. The average Bonchev–Trinajstić information content (AvgIpc) is 3.36. The zero-order valence-electron chi connectivity index (χ0n) is 22.8. The van der Waals surface area contributed by atoms with E-state index in [9.17, 15) is 12.8 Å². The fourth-order valence-electron chi connectivity index (χ4n) is 6.86. The van der Waals surface area contributed by atoms with Crippen LogP contribution >= 0.6 is 0 Å². The van der Waals surface area contributed by atoms with E-state index in [1.807, 2.05) is 25.1 Å². The summed E-state index contributed by atoms with van der Waals surface area (Å²) in [5, 5.41) is -0.349. The van der Waals surface area contributed by atoms with Crippen molar-refractivity contribution >= 4 is 9.84 Å². The van der Waals surface area contributed by atoms with Crippen molar-refractivity contribution in [1.82, 2.24) is 4.98 Å². The van der Waals surface area contributed by atoms with Crippen molar-refractivity contribution in [3.8, 4) is 22.8 Å². The number of benzene rings is 2. The summed E-state index contributed by atoms with van der Waals surface area (Å²) in [6.07, 6.45) is 5.95. The Hall–Kier alpha value is -2.93. The Morgan fingerprint density at radius 2 is 1.85 bits per heavy atom. The van der Waals surface area contributed by atoms with Crippen LogP contribution in [0.3, 0.4) is 0 Å². The molecule has 0 unspecified atom stereocenters. The molecule has 0 radical (unpaired) electrons. The van der Waals surface area contributed by atoms with E-state index in [-0.39, 0.29) is 23.6 Å². The van der Waals surface area contributed by atoms with Crippen LogP contribution in [0.4, 0.5) is 4.39 Å². The normalized spacial score (nSPS) is 25.6. The molecular weight excluding hydrogens is 513 g/mol. The van der Waals surface area contributed by atoms with E-state index in [0.717, 1.165) is 60.1 Å². The van der Waals surface area contributed by atoms with E-state index in [1.165, 1.54) is 23.4 Å². The lowest BCUT2D eigenvalue weighted by Gasteiger charge is -2.29. The second-order valence-corrected chi connectivity index (χ2v) is 14.0. The number of sulfone groups is 1. The van der Waals surface area contributed by atoms with Gasteiger partial charge in [-0.2, -0.15) is 0 Å². The molecule has 5 nitrogen and oxygen atoms in total. The molecule has 0 aliphatic heterocycles. The number of hydrogen-bond donors (Lipinski definition) is 0. The van der Waals surface area contributed by atoms with Crippen LogP contribution in [0, 0.1) is 30.5 Å². The van der Waals surface area contributed by atoms with Crippen molar-refractivity contribution in [2.45, 2.75) is 63.7 Å². The standard InChI is InChI=1S/C32H36FNO4S/c1-19-28-16-23-15-25(9-10-27(23)32(19)28)37-18-24-14-21(8-12-29(24)33)26-11-13-31(34-20(26)2)38-17-22-6-4-5-7-30(22)39(3,35)36/h8-15,19,22,28,30,32H,4-7,16-18H2,1-3H3/t19-,22-,28-,30+,32-/m0/s1. The summed E-state index contributed by atoms with van der Waals surface area (Å²) in [4.78, 5) is 4.62. The molecule has 0 amide bonds. The number of nitrogens with zero attached hydrogens (tertiary/aromatic N) is 1. The van der Waals surface area contributed by atoms with Crippen molar-refractivity contribution in [1.29, 1.82) is 0 Å². The van der Waals surface area contributed by atoms with Crippen LogP contribution in [-0.4, -0.2) is 31.5 Å². The van der Waals surface area contributed by atoms with E-state index in [1.54, 1.807) is 12.1 Å². The summed E-state index contributed by atoms with van der Waals surface area (Å²) in [5.74, 6) is 3.24. The van der Waals surface area contributed by atoms with Gasteiger partial charge in [0.15, 0.2) is 9.84 Å². The highest BCUT2D eigenvalue weighted by atomic mass is 32.2. The molecular formula is C32H36FNO4S. The number of ether oxygens (including phenoxy) is 2. The van der Waals surface area contributed by atoms with Gasteiger partial charge >= 0.3 is 0 Å². The lowest BCUT2D eigenvalue weighted by atomic mass is 9.89. The first-order valence-electron chi connectivity index (χ1n) is 14.0. The molecule has 6 rings (SSSR count). The monoisotopic (exact) mass is 549 g/mol. The zero-order valence-corrected chi connectivity index (χ0v) is 23.6. The van der Waals surface area contributed by atoms with Crippen molar-refractivity contribution in [2.24, 2.45) is 17.8 Å². The van der Waals surface area contributed by atoms with Gasteiger partial charge in [0.25, 0.3) is 0 Å². The lowest BCUT2D eigenvalue weighted by Crippen LogP contribution is -2.35. The van der Waals surface area contributed by atoms with Crippen LogP contribution in [0.5, 0.6) is 11.6 Å². The van der Waals surface area contributed by atoms with Gasteiger partial charge in [0.1, 0.15) is 18.2 Å². The minimum absolute atomic E-state index is 0.0184. The highest BCUT2D eigenvalue weighted by Gasteiger charge is 2.52. The molecule has 3 aliphatic rings. The minimum atomic E-state index is -3.11. The summed E-state index contributed by atoms with van der Waals surface area (Å²) in [7, 11) is -3.11. The quantitative estimate of drug-likeness (QED) is 0.314. The summed E-state index contributed by atoms with van der Waals surface area (Å²) < 4.78 is 51.1. The zero-order chi connectivity index (χ0) is 27.3. The molecule has 206 valence electrons. The van der Waals surface area contributed by atoms with Crippen LogP contribution in [0.1, 0.15) is 60.9 Å². The topological polar surface area (TPSA) is 65.5 Å². The molecule has 0 saturated heterocycles. The van der Waals surface area contributed by atoms with Crippen LogP contribution in [0.15, 0.2) is 48.5 Å². The van der Waals surface area contributed by atoms with E-state index in [0.29, 0.717) is 30.4 Å². The average molecular weight is 550 g/mol. The Kier molecular flexibility index (Phi) is 6.90. The Morgan fingerprint density at radius 3 is 2.64 bits per heavy atom. The maximum Gasteiger partial charge on any atom is 0.213 e. The number of aromatic nitrogens is 1. The first-order chi connectivity index (χ1) is 18.7. The van der Waals surface area contributed by atoms with Crippen LogP contribution in [0.2, 0.25) is 0 Å². The molecule has 0 N–H and O–H groups in total. The van der Waals surface area contributed by atoms with E-state index in [4.69, 9.17) is 9.47 Å². The van der Waals surface area contributed by atoms with Crippen LogP contribution in [0.25, 0.3) is 11.1 Å². The molecule has 1 aromatic heterocycles.